The number of halogens is 3. The van der Waals surface area contributed by atoms with E-state index in [1.165, 1.54) is 18.2 Å². The fourth-order valence-corrected chi connectivity index (χ4v) is 1.84. The Morgan fingerprint density at radius 2 is 1.57 bits per heavy atom. The lowest BCUT2D eigenvalue weighted by Gasteiger charge is -2.06. The van der Waals surface area contributed by atoms with Crippen LogP contribution in [-0.4, -0.2) is 5.91 Å². The monoisotopic (exact) mass is 293 g/mol. The normalized spacial score (nSPS) is 10.4. The maximum absolute atomic E-state index is 13.0. The van der Waals surface area contributed by atoms with Crippen molar-refractivity contribution in [2.75, 3.05) is 0 Å². The first-order valence-corrected chi connectivity index (χ1v) is 6.49. The molecule has 0 unspecified atom stereocenters. The van der Waals surface area contributed by atoms with E-state index in [1.54, 1.807) is 12.1 Å². The molecular weight excluding hydrogens is 279 g/mol. The summed E-state index contributed by atoms with van der Waals surface area (Å²) in [6.07, 6.45) is 0.499. The second-order valence-corrected chi connectivity index (χ2v) is 4.65. The Kier molecular flexibility index (Phi) is 4.98. The number of amides is 1. The molecule has 0 saturated heterocycles. The van der Waals surface area contributed by atoms with E-state index in [9.17, 15) is 18.0 Å². The quantitative estimate of drug-likeness (QED) is 0.900. The number of benzene rings is 2. The highest BCUT2D eigenvalue weighted by molar-refractivity contribution is 5.76. The molecule has 5 heteroatoms. The summed E-state index contributed by atoms with van der Waals surface area (Å²) < 4.78 is 38.5. The Bertz CT molecular complexity index is 626. The zero-order valence-electron chi connectivity index (χ0n) is 11.2. The second-order valence-electron chi connectivity index (χ2n) is 4.65. The van der Waals surface area contributed by atoms with Gasteiger partial charge < -0.3 is 5.32 Å². The Hall–Kier alpha value is -2.30. The van der Waals surface area contributed by atoms with Crippen molar-refractivity contribution < 1.29 is 18.0 Å². The van der Waals surface area contributed by atoms with Crippen molar-refractivity contribution >= 4 is 5.91 Å². The van der Waals surface area contributed by atoms with Gasteiger partial charge in [0.25, 0.3) is 0 Å². The first-order chi connectivity index (χ1) is 10.0. The van der Waals surface area contributed by atoms with Crippen LogP contribution in [0.5, 0.6) is 0 Å². The third kappa shape index (κ3) is 4.63. The minimum Gasteiger partial charge on any atom is -0.352 e. The molecule has 0 fully saturated rings. The predicted octanol–water partition coefficient (Wildman–Crippen LogP) is 3.35. The van der Waals surface area contributed by atoms with Crippen LogP contribution < -0.4 is 5.32 Å². The van der Waals surface area contributed by atoms with Gasteiger partial charge in [0, 0.05) is 13.0 Å². The van der Waals surface area contributed by atoms with Crippen LogP contribution in [0, 0.1) is 17.5 Å². The summed E-state index contributed by atoms with van der Waals surface area (Å²) in [5.41, 5.74) is 1.35. The number of hydrogen-bond acceptors (Lipinski definition) is 1. The Morgan fingerprint density at radius 1 is 0.905 bits per heavy atom. The Labute approximate surface area is 120 Å². The lowest BCUT2D eigenvalue weighted by atomic mass is 10.1. The smallest absolute Gasteiger partial charge is 0.220 e. The molecule has 0 heterocycles. The zero-order valence-corrected chi connectivity index (χ0v) is 11.2. The molecule has 0 bridgehead atoms. The molecule has 0 saturated carbocycles. The minimum absolute atomic E-state index is 0.173. The molecule has 2 aromatic carbocycles. The number of carbonyl (C=O) groups is 1. The summed E-state index contributed by atoms with van der Waals surface area (Å²) in [6.45, 7) is 0.302. The van der Waals surface area contributed by atoms with Gasteiger partial charge in [0.05, 0.1) is 0 Å². The summed E-state index contributed by atoms with van der Waals surface area (Å²) in [5, 5.41) is 2.69. The number of rotatable bonds is 5. The van der Waals surface area contributed by atoms with Crippen LogP contribution in [0.2, 0.25) is 0 Å². The molecule has 0 aliphatic rings. The van der Waals surface area contributed by atoms with Crippen LogP contribution in [-0.2, 0) is 17.8 Å². The van der Waals surface area contributed by atoms with Gasteiger partial charge in [-0.05, 0) is 41.8 Å². The van der Waals surface area contributed by atoms with E-state index >= 15 is 0 Å². The number of aryl methyl sites for hydroxylation is 1. The number of hydrogen-bond donors (Lipinski definition) is 1. The van der Waals surface area contributed by atoms with Crippen molar-refractivity contribution in [1.29, 1.82) is 0 Å². The average Bonchev–Trinajstić information content (AvgIpc) is 2.48. The molecule has 21 heavy (non-hydrogen) atoms. The summed E-state index contributed by atoms with van der Waals surface area (Å²) in [7, 11) is 0. The summed E-state index contributed by atoms with van der Waals surface area (Å²) in [4.78, 5) is 11.7. The van der Waals surface area contributed by atoms with Crippen molar-refractivity contribution in [3.63, 3.8) is 0 Å². The molecule has 1 amide bonds. The number of nitrogens with one attached hydrogen (secondary N) is 1. The van der Waals surface area contributed by atoms with Gasteiger partial charge in [0.2, 0.25) is 5.91 Å². The first kappa shape index (κ1) is 15.1. The van der Waals surface area contributed by atoms with Gasteiger partial charge in [0.1, 0.15) is 5.82 Å². The highest BCUT2D eigenvalue weighted by atomic mass is 19.2. The number of carbonyl (C=O) groups excluding carboxylic acids is 1. The van der Waals surface area contributed by atoms with Crippen LogP contribution in [0.25, 0.3) is 0 Å². The third-order valence-corrected chi connectivity index (χ3v) is 3.03. The average molecular weight is 293 g/mol. The molecular formula is C16H14F3NO. The van der Waals surface area contributed by atoms with Gasteiger partial charge in [-0.25, -0.2) is 13.2 Å². The lowest BCUT2D eigenvalue weighted by molar-refractivity contribution is -0.121. The van der Waals surface area contributed by atoms with Gasteiger partial charge in [-0.2, -0.15) is 0 Å². The van der Waals surface area contributed by atoms with E-state index in [0.29, 0.717) is 18.5 Å². The van der Waals surface area contributed by atoms with Gasteiger partial charge in [0.15, 0.2) is 11.6 Å². The standard InChI is InChI=1S/C16H14F3NO/c17-13-5-1-12(2-6-13)10-20-16(21)8-4-11-3-7-14(18)15(19)9-11/h1-3,5-7,9H,4,8,10H2,(H,20,21). The summed E-state index contributed by atoms with van der Waals surface area (Å²) >= 11 is 0. The molecule has 0 aliphatic carbocycles. The van der Waals surface area contributed by atoms with E-state index in [0.717, 1.165) is 17.7 Å². The van der Waals surface area contributed by atoms with Crippen molar-refractivity contribution in [2.24, 2.45) is 0 Å². The van der Waals surface area contributed by atoms with Crippen LogP contribution in [0.3, 0.4) is 0 Å². The molecule has 0 spiro atoms. The van der Waals surface area contributed by atoms with E-state index in [1.807, 2.05) is 0 Å². The van der Waals surface area contributed by atoms with E-state index in [4.69, 9.17) is 0 Å². The topological polar surface area (TPSA) is 29.1 Å². The molecule has 2 rings (SSSR count). The maximum Gasteiger partial charge on any atom is 0.220 e. The van der Waals surface area contributed by atoms with Crippen LogP contribution in [0.4, 0.5) is 13.2 Å². The second kappa shape index (κ2) is 6.92. The zero-order chi connectivity index (χ0) is 15.2. The summed E-state index contributed by atoms with van der Waals surface area (Å²) in [5.74, 6) is -2.36. The molecule has 2 aromatic rings. The fraction of sp³-hybridized carbons (Fsp3) is 0.188. The van der Waals surface area contributed by atoms with E-state index < -0.39 is 11.6 Å². The van der Waals surface area contributed by atoms with E-state index in [-0.39, 0.29) is 18.1 Å². The molecule has 0 aliphatic heterocycles. The molecule has 0 radical (unpaired) electrons. The fourth-order valence-electron chi connectivity index (χ4n) is 1.84. The van der Waals surface area contributed by atoms with Gasteiger partial charge in [-0.1, -0.05) is 18.2 Å². The molecule has 2 nitrogen and oxygen atoms in total. The third-order valence-electron chi connectivity index (χ3n) is 3.03. The SMILES string of the molecule is O=C(CCc1ccc(F)c(F)c1)NCc1ccc(F)cc1. The van der Waals surface area contributed by atoms with Crippen molar-refractivity contribution in [3.05, 3.63) is 71.0 Å². The van der Waals surface area contributed by atoms with Gasteiger partial charge in [-0.15, -0.1) is 0 Å². The largest absolute Gasteiger partial charge is 0.352 e. The molecule has 110 valence electrons. The van der Waals surface area contributed by atoms with Gasteiger partial charge in [-0.3, -0.25) is 4.79 Å². The van der Waals surface area contributed by atoms with Gasteiger partial charge >= 0.3 is 0 Å². The van der Waals surface area contributed by atoms with Crippen molar-refractivity contribution in [3.8, 4) is 0 Å². The van der Waals surface area contributed by atoms with Crippen molar-refractivity contribution in [2.45, 2.75) is 19.4 Å². The Balaban J connectivity index is 1.79. The highest BCUT2D eigenvalue weighted by Crippen LogP contribution is 2.10. The summed E-state index contributed by atoms with van der Waals surface area (Å²) in [6, 6.07) is 9.40. The van der Waals surface area contributed by atoms with E-state index in [2.05, 4.69) is 5.32 Å². The van der Waals surface area contributed by atoms with Crippen LogP contribution in [0.1, 0.15) is 17.5 Å². The Morgan fingerprint density at radius 3 is 2.24 bits per heavy atom. The lowest BCUT2D eigenvalue weighted by Crippen LogP contribution is -2.23. The molecule has 0 aromatic heterocycles. The minimum atomic E-state index is -0.917. The molecule has 1 N–H and O–H groups in total. The maximum atomic E-state index is 13.0. The highest BCUT2D eigenvalue weighted by Gasteiger charge is 2.06. The first-order valence-electron chi connectivity index (χ1n) is 6.49. The van der Waals surface area contributed by atoms with Crippen molar-refractivity contribution in [1.82, 2.24) is 5.32 Å². The predicted molar refractivity (Wildman–Crippen MR) is 72.9 cm³/mol. The van der Waals surface area contributed by atoms with Crippen LogP contribution >= 0.6 is 0 Å². The molecule has 0 atom stereocenters. The van der Waals surface area contributed by atoms with Crippen LogP contribution in [0.15, 0.2) is 42.5 Å².